The number of methoxy groups -OCH3 is 1. The van der Waals surface area contributed by atoms with Crippen molar-refractivity contribution in [1.82, 2.24) is 4.98 Å². The summed E-state index contributed by atoms with van der Waals surface area (Å²) < 4.78 is 16.0. The number of ether oxygens (including phenoxy) is 2. The molecule has 1 aliphatic carbocycles. The summed E-state index contributed by atoms with van der Waals surface area (Å²) in [5, 5.41) is 0. The maximum Gasteiger partial charge on any atom is 0.138 e. The number of rotatable bonds is 6. The zero-order valence-electron chi connectivity index (χ0n) is 11.2. The van der Waals surface area contributed by atoms with Crippen molar-refractivity contribution in [1.29, 1.82) is 0 Å². The van der Waals surface area contributed by atoms with Gasteiger partial charge in [-0.1, -0.05) is 17.6 Å². The number of thiol groups is 1. The molecule has 0 bridgehead atoms. The highest BCUT2D eigenvalue weighted by molar-refractivity contribution is 8.66. The first-order valence-electron chi connectivity index (χ1n) is 6.39. The Morgan fingerprint density at radius 3 is 2.90 bits per heavy atom. The number of pyridine rings is 1. The van der Waals surface area contributed by atoms with Crippen molar-refractivity contribution >= 4 is 22.7 Å². The van der Waals surface area contributed by atoms with E-state index in [0.29, 0.717) is 13.0 Å². The van der Waals surface area contributed by atoms with Gasteiger partial charge in [-0.3, -0.25) is 0 Å². The SMILES string of the molecule is COCCC#Cc1ccc(O[C@H]2C[C@H](OSS)C2)cn1. The quantitative estimate of drug-likeness (QED) is 0.288. The van der Waals surface area contributed by atoms with Crippen molar-refractivity contribution in [3.63, 3.8) is 0 Å². The maximum atomic E-state index is 5.78. The van der Waals surface area contributed by atoms with E-state index in [2.05, 4.69) is 28.5 Å². The predicted molar refractivity (Wildman–Crippen MR) is 82.7 cm³/mol. The van der Waals surface area contributed by atoms with E-state index >= 15 is 0 Å². The number of hydrogen-bond donors (Lipinski definition) is 1. The van der Waals surface area contributed by atoms with Crippen LogP contribution in [0.15, 0.2) is 18.3 Å². The summed E-state index contributed by atoms with van der Waals surface area (Å²) in [6.07, 6.45) is 4.67. The molecule has 0 amide bonds. The summed E-state index contributed by atoms with van der Waals surface area (Å²) >= 11 is 5.06. The molecule has 0 unspecified atom stereocenters. The Morgan fingerprint density at radius 2 is 2.25 bits per heavy atom. The minimum Gasteiger partial charge on any atom is -0.489 e. The Bertz CT molecular complexity index is 464. The average molecular weight is 311 g/mol. The van der Waals surface area contributed by atoms with Gasteiger partial charge in [0.2, 0.25) is 0 Å². The van der Waals surface area contributed by atoms with Gasteiger partial charge in [0.05, 0.1) is 30.0 Å². The first-order chi connectivity index (χ1) is 9.81. The van der Waals surface area contributed by atoms with Crippen molar-refractivity contribution < 1.29 is 13.7 Å². The van der Waals surface area contributed by atoms with Gasteiger partial charge in [-0.25, -0.2) is 4.98 Å². The second-order valence-electron chi connectivity index (χ2n) is 4.43. The molecule has 108 valence electrons. The molecule has 20 heavy (non-hydrogen) atoms. The average Bonchev–Trinajstić information content (AvgIpc) is 2.43. The van der Waals surface area contributed by atoms with Crippen molar-refractivity contribution in [3.05, 3.63) is 24.0 Å². The highest BCUT2D eigenvalue weighted by Crippen LogP contribution is 2.31. The van der Waals surface area contributed by atoms with Crippen molar-refractivity contribution in [2.24, 2.45) is 0 Å². The summed E-state index contributed by atoms with van der Waals surface area (Å²) in [5.41, 5.74) is 0.745. The molecule has 1 aromatic heterocycles. The zero-order chi connectivity index (χ0) is 14.2. The largest absolute Gasteiger partial charge is 0.489 e. The lowest BCUT2D eigenvalue weighted by atomic mass is 9.92. The van der Waals surface area contributed by atoms with Crippen LogP contribution in [-0.2, 0) is 8.92 Å². The highest BCUT2D eigenvalue weighted by atomic mass is 33.1. The van der Waals surface area contributed by atoms with E-state index in [1.54, 1.807) is 13.3 Å². The third-order valence-electron chi connectivity index (χ3n) is 2.92. The minimum absolute atomic E-state index is 0.209. The zero-order valence-corrected chi connectivity index (χ0v) is 13.0. The molecule has 0 aliphatic heterocycles. The number of hydrogen-bond acceptors (Lipinski definition) is 6. The van der Waals surface area contributed by atoms with Gasteiger partial charge in [-0.05, 0) is 18.1 Å². The molecule has 0 aromatic carbocycles. The third-order valence-corrected chi connectivity index (χ3v) is 3.53. The first kappa shape index (κ1) is 15.5. The molecule has 4 nitrogen and oxygen atoms in total. The smallest absolute Gasteiger partial charge is 0.138 e. The molecule has 2 rings (SSSR count). The Labute approximate surface area is 128 Å². The maximum absolute atomic E-state index is 5.78. The normalized spacial score (nSPS) is 20.7. The standard InChI is InChI=1S/C14H17NO3S2/c1-16-7-3-2-4-11-5-6-12(10-15-11)17-13-8-14(9-13)18-20-19/h5-6,10,13-14,19H,3,7-9H2,1H3/t13-,14-. The van der Waals surface area contributed by atoms with Crippen LogP contribution >= 0.6 is 22.7 Å². The summed E-state index contributed by atoms with van der Waals surface area (Å²) in [7, 11) is 1.66. The molecule has 0 radical (unpaired) electrons. The molecule has 1 aliphatic rings. The first-order valence-corrected chi connectivity index (χ1v) is 8.18. The van der Waals surface area contributed by atoms with E-state index in [-0.39, 0.29) is 12.2 Å². The highest BCUT2D eigenvalue weighted by Gasteiger charge is 2.32. The minimum atomic E-state index is 0.209. The lowest BCUT2D eigenvalue weighted by Gasteiger charge is -2.33. The van der Waals surface area contributed by atoms with Crippen LogP contribution < -0.4 is 4.74 Å². The molecular formula is C14H17NO3S2. The second kappa shape index (κ2) is 8.42. The van der Waals surface area contributed by atoms with Crippen LogP contribution in [0.5, 0.6) is 5.75 Å². The molecular weight excluding hydrogens is 294 g/mol. The second-order valence-corrected chi connectivity index (χ2v) is 5.22. The van der Waals surface area contributed by atoms with Gasteiger partial charge in [-0.2, -0.15) is 0 Å². The fourth-order valence-electron chi connectivity index (χ4n) is 1.78. The Kier molecular flexibility index (Phi) is 6.54. The van der Waals surface area contributed by atoms with Crippen LogP contribution in [0.3, 0.4) is 0 Å². The van der Waals surface area contributed by atoms with Crippen molar-refractivity contribution in [2.75, 3.05) is 13.7 Å². The Balaban J connectivity index is 1.76. The van der Waals surface area contributed by atoms with Crippen LogP contribution in [0.25, 0.3) is 0 Å². The molecule has 1 aromatic rings. The monoisotopic (exact) mass is 311 g/mol. The molecule has 6 heteroatoms. The van der Waals surface area contributed by atoms with Gasteiger partial charge in [0.15, 0.2) is 0 Å². The summed E-state index contributed by atoms with van der Waals surface area (Å²) in [6, 6.07) is 3.76. The lowest BCUT2D eigenvalue weighted by molar-refractivity contribution is 0.0165. The Morgan fingerprint density at radius 1 is 1.40 bits per heavy atom. The number of aromatic nitrogens is 1. The number of nitrogens with zero attached hydrogens (tertiary/aromatic N) is 1. The van der Waals surface area contributed by atoms with E-state index < -0.39 is 0 Å². The van der Waals surface area contributed by atoms with Crippen molar-refractivity contribution in [2.45, 2.75) is 31.5 Å². The summed E-state index contributed by atoms with van der Waals surface area (Å²) in [5.74, 6) is 6.76. The third kappa shape index (κ3) is 4.91. The molecule has 1 heterocycles. The summed E-state index contributed by atoms with van der Waals surface area (Å²) in [6.45, 7) is 0.643. The molecule has 0 saturated heterocycles. The lowest BCUT2D eigenvalue weighted by Crippen LogP contribution is -2.38. The molecule has 1 saturated carbocycles. The van der Waals surface area contributed by atoms with E-state index in [1.807, 2.05) is 12.1 Å². The van der Waals surface area contributed by atoms with E-state index in [1.165, 1.54) is 0 Å². The molecule has 0 N–H and O–H groups in total. The van der Waals surface area contributed by atoms with E-state index in [0.717, 1.165) is 35.4 Å². The van der Waals surface area contributed by atoms with Gasteiger partial charge in [-0.15, -0.1) is 0 Å². The van der Waals surface area contributed by atoms with Gasteiger partial charge < -0.3 is 13.7 Å². The molecule has 1 fully saturated rings. The summed E-state index contributed by atoms with van der Waals surface area (Å²) in [4.78, 5) is 4.26. The van der Waals surface area contributed by atoms with Crippen LogP contribution in [-0.4, -0.2) is 30.9 Å². The fraction of sp³-hybridized carbons (Fsp3) is 0.500. The van der Waals surface area contributed by atoms with Crippen LogP contribution in [0, 0.1) is 11.8 Å². The van der Waals surface area contributed by atoms with Crippen molar-refractivity contribution in [3.8, 4) is 17.6 Å². The fourth-order valence-corrected chi connectivity index (χ4v) is 2.42. The molecule has 0 atom stereocenters. The van der Waals surface area contributed by atoms with E-state index in [4.69, 9.17) is 13.7 Å². The van der Waals surface area contributed by atoms with Crippen LogP contribution in [0.4, 0.5) is 0 Å². The van der Waals surface area contributed by atoms with Gasteiger partial charge >= 0.3 is 0 Å². The van der Waals surface area contributed by atoms with Crippen LogP contribution in [0.2, 0.25) is 0 Å². The predicted octanol–water partition coefficient (Wildman–Crippen LogP) is 2.89. The van der Waals surface area contributed by atoms with Gasteiger partial charge in [0.25, 0.3) is 0 Å². The van der Waals surface area contributed by atoms with E-state index in [9.17, 15) is 0 Å². The topological polar surface area (TPSA) is 40.6 Å². The van der Waals surface area contributed by atoms with Gasteiger partial charge in [0, 0.05) is 26.4 Å². The van der Waals surface area contributed by atoms with Crippen LogP contribution in [0.1, 0.15) is 25.0 Å². The Hall–Kier alpha value is -0.870. The van der Waals surface area contributed by atoms with Gasteiger partial charge in [0.1, 0.15) is 17.5 Å². The molecule has 0 spiro atoms.